The van der Waals surface area contributed by atoms with Crippen LogP contribution in [-0.2, 0) is 20.8 Å². The summed E-state index contributed by atoms with van der Waals surface area (Å²) < 4.78 is 0. The zero-order valence-electron chi connectivity index (χ0n) is 11.5. The van der Waals surface area contributed by atoms with E-state index >= 15 is 0 Å². The van der Waals surface area contributed by atoms with Crippen LogP contribution in [0, 0.1) is 13.8 Å². The Balaban J connectivity index is 2.67. The largest absolute Gasteiger partial charge is 0.480 e. The lowest BCUT2D eigenvalue weighted by molar-refractivity contribution is -0.143. The normalized spacial score (nSPS) is 11.7. The molecule has 2 amide bonds. The van der Waals surface area contributed by atoms with Crippen molar-refractivity contribution >= 4 is 17.8 Å². The Morgan fingerprint density at radius 2 is 1.90 bits per heavy atom. The summed E-state index contributed by atoms with van der Waals surface area (Å²) in [5.74, 6) is -2.51. The van der Waals surface area contributed by atoms with Crippen LogP contribution in [0.25, 0.3) is 0 Å². The highest BCUT2D eigenvalue weighted by molar-refractivity contribution is 5.88. The number of aryl methyl sites for hydroxylation is 2. The van der Waals surface area contributed by atoms with Crippen LogP contribution in [-0.4, -0.2) is 28.9 Å². The van der Waals surface area contributed by atoms with Gasteiger partial charge in [0.1, 0.15) is 6.04 Å². The zero-order chi connectivity index (χ0) is 15.3. The zero-order valence-corrected chi connectivity index (χ0v) is 11.5. The van der Waals surface area contributed by atoms with Crippen molar-refractivity contribution in [2.75, 3.05) is 0 Å². The number of carboxylic acid groups (broad SMARTS) is 1. The Morgan fingerprint density at radius 1 is 1.25 bits per heavy atom. The van der Waals surface area contributed by atoms with E-state index in [9.17, 15) is 14.4 Å². The summed E-state index contributed by atoms with van der Waals surface area (Å²) in [4.78, 5) is 33.4. The molecule has 0 bridgehead atoms. The average molecular weight is 278 g/mol. The SMILES string of the molecule is Cc1ccc(CC(=O)N[C@@H](CC(N)=O)C(=O)O)cc1C. The standard InChI is InChI=1S/C14H18N2O4/c1-8-3-4-10(5-9(8)2)6-13(18)16-11(14(19)20)7-12(15)17/h3-5,11H,6-7H2,1-2H3,(H2,15,17)(H,16,18)(H,19,20)/t11-/m0/s1. The molecule has 0 saturated carbocycles. The van der Waals surface area contributed by atoms with Crippen LogP contribution in [0.15, 0.2) is 18.2 Å². The number of hydrogen-bond acceptors (Lipinski definition) is 3. The van der Waals surface area contributed by atoms with Crippen LogP contribution < -0.4 is 11.1 Å². The van der Waals surface area contributed by atoms with E-state index in [0.29, 0.717) is 0 Å². The summed E-state index contributed by atoms with van der Waals surface area (Å²) in [6, 6.07) is 4.30. The highest BCUT2D eigenvalue weighted by Gasteiger charge is 2.22. The van der Waals surface area contributed by atoms with Crippen molar-refractivity contribution in [3.8, 4) is 0 Å². The molecule has 4 N–H and O–H groups in total. The minimum Gasteiger partial charge on any atom is -0.480 e. The van der Waals surface area contributed by atoms with Gasteiger partial charge in [0.15, 0.2) is 0 Å². The fourth-order valence-electron chi connectivity index (χ4n) is 1.75. The molecule has 0 aliphatic carbocycles. The summed E-state index contributed by atoms with van der Waals surface area (Å²) in [7, 11) is 0. The molecule has 108 valence electrons. The molecule has 6 nitrogen and oxygen atoms in total. The van der Waals surface area contributed by atoms with Gasteiger partial charge in [0.25, 0.3) is 0 Å². The van der Waals surface area contributed by atoms with Gasteiger partial charge >= 0.3 is 5.97 Å². The van der Waals surface area contributed by atoms with Crippen LogP contribution in [0.1, 0.15) is 23.1 Å². The predicted molar refractivity (Wildman–Crippen MR) is 73.0 cm³/mol. The van der Waals surface area contributed by atoms with Gasteiger partial charge in [0.2, 0.25) is 11.8 Å². The van der Waals surface area contributed by atoms with Crippen molar-refractivity contribution in [1.29, 1.82) is 0 Å². The molecular weight excluding hydrogens is 260 g/mol. The Kier molecular flexibility index (Phi) is 5.25. The lowest BCUT2D eigenvalue weighted by Gasteiger charge is -2.13. The molecule has 0 spiro atoms. The molecule has 0 aromatic heterocycles. The number of carboxylic acids is 1. The van der Waals surface area contributed by atoms with Gasteiger partial charge in [-0.15, -0.1) is 0 Å². The van der Waals surface area contributed by atoms with Gasteiger partial charge in [0, 0.05) is 0 Å². The van der Waals surface area contributed by atoms with Crippen molar-refractivity contribution in [2.24, 2.45) is 5.73 Å². The van der Waals surface area contributed by atoms with Crippen LogP contribution in [0.5, 0.6) is 0 Å². The van der Waals surface area contributed by atoms with E-state index in [1.54, 1.807) is 0 Å². The number of hydrogen-bond donors (Lipinski definition) is 3. The number of carbonyl (C=O) groups is 3. The molecule has 0 aliphatic rings. The Hall–Kier alpha value is -2.37. The highest BCUT2D eigenvalue weighted by atomic mass is 16.4. The number of primary amides is 1. The molecule has 1 rings (SSSR count). The van der Waals surface area contributed by atoms with Crippen LogP contribution in [0.3, 0.4) is 0 Å². The minimum atomic E-state index is -1.29. The Labute approximate surface area is 117 Å². The van der Waals surface area contributed by atoms with E-state index in [0.717, 1.165) is 16.7 Å². The van der Waals surface area contributed by atoms with Crippen molar-refractivity contribution in [1.82, 2.24) is 5.32 Å². The first kappa shape index (κ1) is 15.7. The number of benzene rings is 1. The van der Waals surface area contributed by atoms with E-state index in [-0.39, 0.29) is 6.42 Å². The summed E-state index contributed by atoms with van der Waals surface area (Å²) in [6.45, 7) is 3.90. The second kappa shape index (κ2) is 6.70. The summed E-state index contributed by atoms with van der Waals surface area (Å²) in [6.07, 6.45) is -0.363. The molecule has 20 heavy (non-hydrogen) atoms. The van der Waals surface area contributed by atoms with E-state index in [4.69, 9.17) is 10.8 Å². The summed E-state index contributed by atoms with van der Waals surface area (Å²) in [5, 5.41) is 11.2. The third-order valence-electron chi connectivity index (χ3n) is 2.97. The third kappa shape index (κ3) is 4.72. The minimum absolute atomic E-state index is 0.0592. The Bertz CT molecular complexity index is 540. The molecule has 6 heteroatoms. The molecule has 0 fully saturated rings. The lowest BCUT2D eigenvalue weighted by Crippen LogP contribution is -2.43. The smallest absolute Gasteiger partial charge is 0.326 e. The fourth-order valence-corrected chi connectivity index (χ4v) is 1.75. The molecule has 1 aromatic carbocycles. The maximum atomic E-state index is 11.8. The Morgan fingerprint density at radius 3 is 2.40 bits per heavy atom. The van der Waals surface area contributed by atoms with Gasteiger partial charge in [-0.2, -0.15) is 0 Å². The van der Waals surface area contributed by atoms with E-state index in [1.807, 2.05) is 32.0 Å². The lowest BCUT2D eigenvalue weighted by atomic mass is 10.0. The molecule has 1 atom stereocenters. The molecule has 1 aromatic rings. The monoisotopic (exact) mass is 278 g/mol. The number of amides is 2. The summed E-state index contributed by atoms with van der Waals surface area (Å²) >= 11 is 0. The number of nitrogens with two attached hydrogens (primary N) is 1. The maximum absolute atomic E-state index is 11.8. The first-order valence-electron chi connectivity index (χ1n) is 6.16. The van der Waals surface area contributed by atoms with Crippen LogP contribution in [0.4, 0.5) is 0 Å². The topological polar surface area (TPSA) is 109 Å². The summed E-state index contributed by atoms with van der Waals surface area (Å²) in [5.41, 5.74) is 7.90. The van der Waals surface area contributed by atoms with Crippen LogP contribution >= 0.6 is 0 Å². The molecule has 0 radical (unpaired) electrons. The van der Waals surface area contributed by atoms with Gasteiger partial charge < -0.3 is 16.2 Å². The van der Waals surface area contributed by atoms with Crippen molar-refractivity contribution in [3.63, 3.8) is 0 Å². The average Bonchev–Trinajstić information content (AvgIpc) is 2.32. The first-order chi connectivity index (χ1) is 9.29. The van der Waals surface area contributed by atoms with Gasteiger partial charge in [-0.05, 0) is 30.5 Å². The van der Waals surface area contributed by atoms with Gasteiger partial charge in [-0.3, -0.25) is 9.59 Å². The predicted octanol–water partition coefficient (Wildman–Crippen LogP) is 0.291. The highest BCUT2D eigenvalue weighted by Crippen LogP contribution is 2.10. The van der Waals surface area contributed by atoms with E-state index in [1.165, 1.54) is 0 Å². The van der Waals surface area contributed by atoms with E-state index in [2.05, 4.69) is 5.32 Å². The fraction of sp³-hybridized carbons (Fsp3) is 0.357. The van der Waals surface area contributed by atoms with Crippen molar-refractivity contribution in [2.45, 2.75) is 32.7 Å². The van der Waals surface area contributed by atoms with E-state index < -0.39 is 30.2 Å². The van der Waals surface area contributed by atoms with Crippen molar-refractivity contribution < 1.29 is 19.5 Å². The van der Waals surface area contributed by atoms with Crippen LogP contribution in [0.2, 0.25) is 0 Å². The number of aliphatic carboxylic acids is 1. The number of carbonyl (C=O) groups excluding carboxylic acids is 2. The molecule has 0 heterocycles. The van der Waals surface area contributed by atoms with Crippen molar-refractivity contribution in [3.05, 3.63) is 34.9 Å². The molecular formula is C14H18N2O4. The van der Waals surface area contributed by atoms with Gasteiger partial charge in [-0.1, -0.05) is 18.2 Å². The maximum Gasteiger partial charge on any atom is 0.326 e. The van der Waals surface area contributed by atoms with Gasteiger partial charge in [0.05, 0.1) is 12.8 Å². The third-order valence-corrected chi connectivity index (χ3v) is 2.97. The second-order valence-corrected chi connectivity index (χ2v) is 4.72. The number of nitrogens with one attached hydrogen (secondary N) is 1. The molecule has 0 unspecified atom stereocenters. The molecule has 0 saturated heterocycles. The van der Waals surface area contributed by atoms with Gasteiger partial charge in [-0.25, -0.2) is 4.79 Å². The number of rotatable bonds is 6. The first-order valence-corrected chi connectivity index (χ1v) is 6.16. The molecule has 0 aliphatic heterocycles. The quantitative estimate of drug-likeness (QED) is 0.694. The second-order valence-electron chi connectivity index (χ2n) is 4.72.